The van der Waals surface area contributed by atoms with E-state index in [0.717, 1.165) is 55.7 Å². The van der Waals surface area contributed by atoms with Gasteiger partial charge in [0.05, 0.1) is 23.2 Å². The lowest BCUT2D eigenvalue weighted by atomic mass is 9.84. The first-order chi connectivity index (χ1) is 19.2. The van der Waals surface area contributed by atoms with Crippen molar-refractivity contribution in [3.05, 3.63) is 93.0 Å². The Bertz CT molecular complexity index is 1390. The number of rotatable bonds is 8. The van der Waals surface area contributed by atoms with Crippen LogP contribution < -0.4 is 10.1 Å². The molecule has 2 heterocycles. The first-order valence-corrected chi connectivity index (χ1v) is 14.5. The zero-order valence-corrected chi connectivity index (χ0v) is 24.6. The van der Waals surface area contributed by atoms with Gasteiger partial charge >= 0.3 is 0 Å². The van der Waals surface area contributed by atoms with Gasteiger partial charge in [-0.3, -0.25) is 9.59 Å². The maximum atomic E-state index is 13.3. The number of nitrogens with one attached hydrogen (secondary N) is 1. The molecule has 40 heavy (non-hydrogen) atoms. The Balaban J connectivity index is 1.31. The number of nitrogens with zero attached hydrogens (tertiary/aromatic N) is 2. The SMILES string of the molecule is COc1ccc2c(c1)C(=O)N(C)C2C(CCN1CCC(c2ccc(NC(C)=O)cc2)CC1)c1ccc(Cl)c(Cl)c1. The molecule has 0 aliphatic carbocycles. The average Bonchev–Trinajstić information content (AvgIpc) is 3.20. The number of fused-ring (bicyclic) bond motifs is 1. The molecule has 0 aromatic heterocycles. The second-order valence-electron chi connectivity index (χ2n) is 10.8. The predicted octanol–water partition coefficient (Wildman–Crippen LogP) is 7.14. The molecule has 2 unspecified atom stereocenters. The van der Waals surface area contributed by atoms with Crippen molar-refractivity contribution in [1.82, 2.24) is 9.80 Å². The topological polar surface area (TPSA) is 61.9 Å². The van der Waals surface area contributed by atoms with Crippen LogP contribution in [0.2, 0.25) is 10.0 Å². The summed E-state index contributed by atoms with van der Waals surface area (Å²) in [4.78, 5) is 29.0. The van der Waals surface area contributed by atoms with Gasteiger partial charge in [0.2, 0.25) is 5.91 Å². The standard InChI is InChI=1S/C32H35Cl2N3O3/c1-20(38)35-24-7-4-21(5-8-24)22-12-15-37(16-13-22)17-14-26(23-6-11-29(33)30(34)18-23)31-27-10-9-25(40-3)19-28(27)32(39)36(31)2/h4-11,18-19,22,26,31H,12-17H2,1-3H3,(H,35,38). The molecule has 210 valence electrons. The summed E-state index contributed by atoms with van der Waals surface area (Å²) in [5, 5.41) is 3.89. The summed E-state index contributed by atoms with van der Waals surface area (Å²) in [6, 6.07) is 19.7. The highest BCUT2D eigenvalue weighted by molar-refractivity contribution is 6.42. The Morgan fingerprint density at radius 2 is 1.75 bits per heavy atom. The van der Waals surface area contributed by atoms with E-state index in [4.69, 9.17) is 27.9 Å². The van der Waals surface area contributed by atoms with Gasteiger partial charge in [0.15, 0.2) is 0 Å². The van der Waals surface area contributed by atoms with Gasteiger partial charge in [-0.1, -0.05) is 47.5 Å². The van der Waals surface area contributed by atoms with Gasteiger partial charge in [-0.2, -0.15) is 0 Å². The highest BCUT2D eigenvalue weighted by Crippen LogP contribution is 2.46. The number of benzene rings is 3. The molecule has 1 fully saturated rings. The van der Waals surface area contributed by atoms with E-state index in [2.05, 4.69) is 22.3 Å². The first kappa shape index (κ1) is 28.5. The summed E-state index contributed by atoms with van der Waals surface area (Å²) >= 11 is 12.7. The molecule has 0 radical (unpaired) electrons. The molecule has 2 aliphatic rings. The van der Waals surface area contributed by atoms with E-state index in [0.29, 0.717) is 27.3 Å². The zero-order valence-electron chi connectivity index (χ0n) is 23.1. The zero-order chi connectivity index (χ0) is 28.4. The lowest BCUT2D eigenvalue weighted by molar-refractivity contribution is -0.114. The van der Waals surface area contributed by atoms with Crippen LogP contribution in [0, 0.1) is 0 Å². The lowest BCUT2D eigenvalue weighted by Gasteiger charge is -2.35. The molecule has 1 saturated heterocycles. The third kappa shape index (κ3) is 5.99. The number of amides is 2. The number of anilines is 1. The summed E-state index contributed by atoms with van der Waals surface area (Å²) < 4.78 is 5.39. The number of piperidine rings is 1. The fraction of sp³-hybridized carbons (Fsp3) is 0.375. The number of ether oxygens (including phenoxy) is 1. The summed E-state index contributed by atoms with van der Waals surface area (Å²) in [6.45, 7) is 4.47. The number of carbonyl (C=O) groups excluding carboxylic acids is 2. The van der Waals surface area contributed by atoms with E-state index in [-0.39, 0.29) is 23.8 Å². The molecule has 2 aliphatic heterocycles. The average molecular weight is 581 g/mol. The van der Waals surface area contributed by atoms with Crippen molar-refractivity contribution in [2.75, 3.05) is 39.1 Å². The molecule has 3 aromatic carbocycles. The summed E-state index contributed by atoms with van der Waals surface area (Å²) in [7, 11) is 3.50. The van der Waals surface area contributed by atoms with Crippen LogP contribution in [0.3, 0.4) is 0 Å². The van der Waals surface area contributed by atoms with Gasteiger partial charge in [-0.15, -0.1) is 0 Å². The van der Waals surface area contributed by atoms with Crippen molar-refractivity contribution >= 4 is 40.7 Å². The minimum Gasteiger partial charge on any atom is -0.497 e. The first-order valence-electron chi connectivity index (χ1n) is 13.7. The van der Waals surface area contributed by atoms with E-state index >= 15 is 0 Å². The Labute approximate surface area is 246 Å². The molecule has 0 bridgehead atoms. The molecule has 0 saturated carbocycles. The van der Waals surface area contributed by atoms with Crippen molar-refractivity contribution in [2.45, 2.75) is 44.1 Å². The third-order valence-corrected chi connectivity index (χ3v) is 9.09. The van der Waals surface area contributed by atoms with Crippen molar-refractivity contribution in [3.8, 4) is 5.75 Å². The van der Waals surface area contributed by atoms with E-state index in [1.807, 2.05) is 60.5 Å². The predicted molar refractivity (Wildman–Crippen MR) is 161 cm³/mol. The van der Waals surface area contributed by atoms with E-state index in [1.54, 1.807) is 7.11 Å². The normalized spacial score (nSPS) is 18.5. The Morgan fingerprint density at radius 1 is 1.02 bits per heavy atom. The van der Waals surface area contributed by atoms with Crippen LogP contribution in [0.25, 0.3) is 0 Å². The fourth-order valence-corrected chi connectivity index (χ4v) is 6.53. The molecule has 8 heteroatoms. The third-order valence-electron chi connectivity index (χ3n) is 8.35. The second kappa shape index (κ2) is 12.2. The minimum atomic E-state index is -0.106. The van der Waals surface area contributed by atoms with Gasteiger partial charge < -0.3 is 19.9 Å². The van der Waals surface area contributed by atoms with Crippen LogP contribution in [-0.2, 0) is 4.79 Å². The van der Waals surface area contributed by atoms with Crippen molar-refractivity contribution in [3.63, 3.8) is 0 Å². The molecule has 3 aromatic rings. The molecular formula is C32H35Cl2N3O3. The van der Waals surface area contributed by atoms with E-state index in [1.165, 1.54) is 12.5 Å². The number of hydrogen-bond acceptors (Lipinski definition) is 4. The Hall–Kier alpha value is -3.06. The van der Waals surface area contributed by atoms with Crippen molar-refractivity contribution in [2.24, 2.45) is 0 Å². The van der Waals surface area contributed by atoms with Gasteiger partial charge in [0.1, 0.15) is 5.75 Å². The molecule has 6 nitrogen and oxygen atoms in total. The van der Waals surface area contributed by atoms with Crippen LogP contribution in [0.5, 0.6) is 5.75 Å². The number of methoxy groups -OCH3 is 1. The monoisotopic (exact) mass is 579 g/mol. The van der Waals surface area contributed by atoms with E-state index < -0.39 is 0 Å². The maximum Gasteiger partial charge on any atom is 0.254 e. The Kier molecular flexibility index (Phi) is 8.69. The van der Waals surface area contributed by atoms with Crippen LogP contribution in [0.1, 0.15) is 71.1 Å². The number of likely N-dealkylation sites (tertiary alicyclic amines) is 1. The maximum absolute atomic E-state index is 13.3. The minimum absolute atomic E-state index is 0.00861. The molecule has 5 rings (SSSR count). The van der Waals surface area contributed by atoms with Crippen LogP contribution in [0.15, 0.2) is 60.7 Å². The smallest absolute Gasteiger partial charge is 0.254 e. The number of halogens is 2. The largest absolute Gasteiger partial charge is 0.497 e. The van der Waals surface area contributed by atoms with Gasteiger partial charge in [-0.25, -0.2) is 0 Å². The summed E-state index contributed by atoms with van der Waals surface area (Å²) in [5.74, 6) is 1.19. The second-order valence-corrected chi connectivity index (χ2v) is 11.6. The quantitative estimate of drug-likeness (QED) is 0.308. The highest BCUT2D eigenvalue weighted by atomic mass is 35.5. The molecular weight excluding hydrogens is 545 g/mol. The number of likely N-dealkylation sites (N-methyl/N-ethyl adjacent to an activating group) is 1. The van der Waals surface area contributed by atoms with Crippen molar-refractivity contribution < 1.29 is 14.3 Å². The van der Waals surface area contributed by atoms with Crippen LogP contribution in [0.4, 0.5) is 5.69 Å². The van der Waals surface area contributed by atoms with Crippen LogP contribution in [-0.4, -0.2) is 55.4 Å². The number of hydrogen-bond donors (Lipinski definition) is 1. The Morgan fingerprint density at radius 3 is 2.40 bits per heavy atom. The van der Waals surface area contributed by atoms with Gasteiger partial charge in [-0.05, 0) is 97.9 Å². The molecule has 2 atom stereocenters. The summed E-state index contributed by atoms with van der Waals surface area (Å²) in [5.41, 5.74) is 4.95. The molecule has 2 amide bonds. The summed E-state index contributed by atoms with van der Waals surface area (Å²) in [6.07, 6.45) is 3.05. The van der Waals surface area contributed by atoms with Gasteiger partial charge in [0, 0.05) is 31.1 Å². The highest BCUT2D eigenvalue weighted by Gasteiger charge is 2.40. The van der Waals surface area contributed by atoms with E-state index in [9.17, 15) is 9.59 Å². The van der Waals surface area contributed by atoms with Crippen molar-refractivity contribution in [1.29, 1.82) is 0 Å². The fourth-order valence-electron chi connectivity index (χ4n) is 6.22. The number of carbonyl (C=O) groups is 2. The lowest BCUT2D eigenvalue weighted by Crippen LogP contribution is -2.35. The molecule has 0 spiro atoms. The van der Waals surface area contributed by atoms with Crippen LogP contribution >= 0.6 is 23.2 Å². The van der Waals surface area contributed by atoms with Gasteiger partial charge in [0.25, 0.3) is 5.91 Å². The molecule has 1 N–H and O–H groups in total.